The molecule has 2 aromatic rings. The standard InChI is InChI=1S/C17H14ClF3N2O2/c1-10(11-5-3-2-4-6-11)22-15(24)16(25)23-14-8-7-12(18)9-13(14)17(19,20)21/h2-10H,1H3,(H,22,24)(H,23,25). The van der Waals surface area contributed by atoms with Crippen LogP contribution in [0.5, 0.6) is 0 Å². The average Bonchev–Trinajstić information content (AvgIpc) is 2.56. The second-order valence-electron chi connectivity index (χ2n) is 5.25. The van der Waals surface area contributed by atoms with E-state index in [9.17, 15) is 22.8 Å². The molecule has 132 valence electrons. The largest absolute Gasteiger partial charge is 0.418 e. The van der Waals surface area contributed by atoms with Crippen LogP contribution in [0, 0.1) is 0 Å². The van der Waals surface area contributed by atoms with E-state index in [2.05, 4.69) is 5.32 Å². The summed E-state index contributed by atoms with van der Waals surface area (Å²) in [4.78, 5) is 23.8. The topological polar surface area (TPSA) is 58.2 Å². The van der Waals surface area contributed by atoms with E-state index in [1.54, 1.807) is 37.3 Å². The quantitative estimate of drug-likeness (QED) is 0.796. The lowest BCUT2D eigenvalue weighted by molar-refractivity contribution is -0.138. The second kappa shape index (κ2) is 7.57. The molecule has 0 fully saturated rings. The molecular weight excluding hydrogens is 357 g/mol. The normalized spacial score (nSPS) is 12.4. The summed E-state index contributed by atoms with van der Waals surface area (Å²) in [5, 5.41) is 4.27. The van der Waals surface area contributed by atoms with Crippen LogP contribution in [0.3, 0.4) is 0 Å². The van der Waals surface area contributed by atoms with Gasteiger partial charge in [-0.05, 0) is 30.7 Å². The number of nitrogens with one attached hydrogen (secondary N) is 2. The number of anilines is 1. The molecule has 1 atom stereocenters. The van der Waals surface area contributed by atoms with Crippen LogP contribution < -0.4 is 10.6 Å². The fourth-order valence-electron chi connectivity index (χ4n) is 2.13. The van der Waals surface area contributed by atoms with Crippen molar-refractivity contribution in [1.82, 2.24) is 5.32 Å². The molecule has 2 rings (SSSR count). The molecule has 25 heavy (non-hydrogen) atoms. The van der Waals surface area contributed by atoms with Gasteiger partial charge in [-0.1, -0.05) is 41.9 Å². The summed E-state index contributed by atoms with van der Waals surface area (Å²) in [6, 6.07) is 11.2. The first-order chi connectivity index (χ1) is 11.7. The number of hydrogen-bond donors (Lipinski definition) is 2. The summed E-state index contributed by atoms with van der Waals surface area (Å²) < 4.78 is 39.0. The van der Waals surface area contributed by atoms with Crippen LogP contribution in [0.25, 0.3) is 0 Å². The van der Waals surface area contributed by atoms with Crippen molar-refractivity contribution in [3.05, 3.63) is 64.7 Å². The molecule has 0 bridgehead atoms. The molecule has 0 spiro atoms. The van der Waals surface area contributed by atoms with Crippen LogP contribution in [0.4, 0.5) is 18.9 Å². The van der Waals surface area contributed by atoms with Crippen LogP contribution in [0.2, 0.25) is 5.02 Å². The molecule has 8 heteroatoms. The minimum absolute atomic E-state index is 0.132. The first-order valence-corrected chi connectivity index (χ1v) is 7.60. The Morgan fingerprint density at radius 1 is 1.04 bits per heavy atom. The molecule has 4 nitrogen and oxygen atoms in total. The zero-order valence-electron chi connectivity index (χ0n) is 13.0. The number of carbonyl (C=O) groups excluding carboxylic acids is 2. The Balaban J connectivity index is 2.11. The molecule has 0 heterocycles. The third-order valence-electron chi connectivity index (χ3n) is 3.39. The fourth-order valence-corrected chi connectivity index (χ4v) is 2.30. The molecule has 1 unspecified atom stereocenters. The molecular formula is C17H14ClF3N2O2. The van der Waals surface area contributed by atoms with Crippen LogP contribution in [-0.2, 0) is 15.8 Å². The molecule has 0 aliphatic carbocycles. The van der Waals surface area contributed by atoms with Crippen molar-refractivity contribution in [2.24, 2.45) is 0 Å². The van der Waals surface area contributed by atoms with Crippen molar-refractivity contribution < 1.29 is 22.8 Å². The van der Waals surface area contributed by atoms with Crippen molar-refractivity contribution in [2.75, 3.05) is 5.32 Å². The Morgan fingerprint density at radius 3 is 2.28 bits per heavy atom. The minimum Gasteiger partial charge on any atom is -0.341 e. The summed E-state index contributed by atoms with van der Waals surface area (Å²) in [5.74, 6) is -2.24. The molecule has 0 saturated heterocycles. The van der Waals surface area contributed by atoms with Crippen LogP contribution in [0.1, 0.15) is 24.1 Å². The molecule has 2 N–H and O–H groups in total. The predicted octanol–water partition coefficient (Wildman–Crippen LogP) is 4.17. The Morgan fingerprint density at radius 2 is 1.68 bits per heavy atom. The van der Waals surface area contributed by atoms with Crippen molar-refractivity contribution in [1.29, 1.82) is 0 Å². The number of amides is 2. The van der Waals surface area contributed by atoms with Gasteiger partial charge in [0.1, 0.15) is 0 Å². The highest BCUT2D eigenvalue weighted by Gasteiger charge is 2.34. The number of hydrogen-bond acceptors (Lipinski definition) is 2. The van der Waals surface area contributed by atoms with E-state index in [1.807, 2.05) is 5.32 Å². The highest BCUT2D eigenvalue weighted by molar-refractivity contribution is 6.39. The molecule has 0 aliphatic heterocycles. The van der Waals surface area contributed by atoms with Crippen LogP contribution in [0.15, 0.2) is 48.5 Å². The Bertz CT molecular complexity index is 779. The molecule has 0 radical (unpaired) electrons. The van der Waals surface area contributed by atoms with E-state index in [4.69, 9.17) is 11.6 Å². The minimum atomic E-state index is -4.72. The average molecular weight is 371 g/mol. The fraction of sp³-hybridized carbons (Fsp3) is 0.176. The van der Waals surface area contributed by atoms with E-state index >= 15 is 0 Å². The summed E-state index contributed by atoms with van der Waals surface area (Å²) in [5.41, 5.74) is -0.909. The first kappa shape index (κ1) is 18.8. The zero-order chi connectivity index (χ0) is 18.6. The number of carbonyl (C=O) groups is 2. The van der Waals surface area contributed by atoms with Gasteiger partial charge in [-0.25, -0.2) is 0 Å². The van der Waals surface area contributed by atoms with E-state index in [0.717, 1.165) is 11.6 Å². The lowest BCUT2D eigenvalue weighted by Gasteiger charge is -2.16. The third kappa shape index (κ3) is 4.96. The lowest BCUT2D eigenvalue weighted by atomic mass is 10.1. The van der Waals surface area contributed by atoms with E-state index in [1.165, 1.54) is 6.07 Å². The van der Waals surface area contributed by atoms with Gasteiger partial charge in [0.15, 0.2) is 0 Å². The zero-order valence-corrected chi connectivity index (χ0v) is 13.8. The summed E-state index contributed by atoms with van der Waals surface area (Å²) >= 11 is 5.57. The van der Waals surface area contributed by atoms with Gasteiger partial charge in [0.25, 0.3) is 0 Å². The monoisotopic (exact) mass is 370 g/mol. The number of halogens is 4. The van der Waals surface area contributed by atoms with Crippen molar-refractivity contribution in [3.8, 4) is 0 Å². The van der Waals surface area contributed by atoms with Gasteiger partial charge in [0, 0.05) is 5.02 Å². The van der Waals surface area contributed by atoms with E-state index < -0.39 is 35.3 Å². The van der Waals surface area contributed by atoms with Gasteiger partial charge in [0.05, 0.1) is 17.3 Å². The number of alkyl halides is 3. The van der Waals surface area contributed by atoms with E-state index in [-0.39, 0.29) is 5.02 Å². The van der Waals surface area contributed by atoms with Crippen molar-refractivity contribution >= 4 is 29.1 Å². The maximum Gasteiger partial charge on any atom is 0.418 e. The maximum atomic E-state index is 13.0. The van der Waals surface area contributed by atoms with Gasteiger partial charge in [-0.3, -0.25) is 9.59 Å². The smallest absolute Gasteiger partial charge is 0.341 e. The lowest BCUT2D eigenvalue weighted by Crippen LogP contribution is -2.37. The Hall–Kier alpha value is -2.54. The number of rotatable bonds is 3. The molecule has 0 aromatic heterocycles. The summed E-state index contributed by atoms with van der Waals surface area (Å²) in [7, 11) is 0. The van der Waals surface area contributed by atoms with E-state index in [0.29, 0.717) is 6.07 Å². The highest BCUT2D eigenvalue weighted by atomic mass is 35.5. The third-order valence-corrected chi connectivity index (χ3v) is 3.62. The highest BCUT2D eigenvalue weighted by Crippen LogP contribution is 2.36. The molecule has 0 saturated carbocycles. The van der Waals surface area contributed by atoms with Gasteiger partial charge >= 0.3 is 18.0 Å². The van der Waals surface area contributed by atoms with Crippen molar-refractivity contribution in [2.45, 2.75) is 19.1 Å². The maximum absolute atomic E-state index is 13.0. The van der Waals surface area contributed by atoms with Gasteiger partial charge in [0.2, 0.25) is 0 Å². The molecule has 2 aromatic carbocycles. The van der Waals surface area contributed by atoms with Crippen molar-refractivity contribution in [3.63, 3.8) is 0 Å². The van der Waals surface area contributed by atoms with Crippen LogP contribution >= 0.6 is 11.6 Å². The Labute approximate surface area is 147 Å². The predicted molar refractivity (Wildman–Crippen MR) is 88.1 cm³/mol. The second-order valence-corrected chi connectivity index (χ2v) is 5.68. The number of benzene rings is 2. The van der Waals surface area contributed by atoms with Gasteiger partial charge in [-0.15, -0.1) is 0 Å². The molecule has 2 amide bonds. The Kier molecular flexibility index (Phi) is 5.69. The van der Waals surface area contributed by atoms with Gasteiger partial charge < -0.3 is 10.6 Å². The first-order valence-electron chi connectivity index (χ1n) is 7.22. The molecule has 0 aliphatic rings. The van der Waals surface area contributed by atoms with Crippen LogP contribution in [-0.4, -0.2) is 11.8 Å². The summed E-state index contributed by atoms with van der Waals surface area (Å²) in [6.45, 7) is 1.66. The summed E-state index contributed by atoms with van der Waals surface area (Å²) in [6.07, 6.45) is -4.72. The SMILES string of the molecule is CC(NC(=O)C(=O)Nc1ccc(Cl)cc1C(F)(F)F)c1ccccc1. The van der Waals surface area contributed by atoms with Gasteiger partial charge in [-0.2, -0.15) is 13.2 Å².